The highest BCUT2D eigenvalue weighted by atomic mass is 32.2. The van der Waals surface area contributed by atoms with Crippen LogP contribution < -0.4 is 4.72 Å². The molecule has 6 nitrogen and oxygen atoms in total. The maximum absolute atomic E-state index is 13.1. The topological polar surface area (TPSA) is 81.7 Å². The van der Waals surface area contributed by atoms with Crippen LogP contribution >= 0.6 is 0 Å². The summed E-state index contributed by atoms with van der Waals surface area (Å²) in [4.78, 5) is 13.0. The Morgan fingerprint density at radius 3 is 2.20 bits per heavy atom. The Morgan fingerprint density at radius 1 is 0.914 bits per heavy atom. The van der Waals surface area contributed by atoms with Gasteiger partial charge in [0.15, 0.2) is 6.10 Å². The lowest BCUT2D eigenvalue weighted by Gasteiger charge is -2.26. The first kappa shape index (κ1) is 23.6. The van der Waals surface area contributed by atoms with E-state index in [9.17, 15) is 13.2 Å². The van der Waals surface area contributed by atoms with Crippen molar-refractivity contribution in [3.63, 3.8) is 0 Å². The van der Waals surface area contributed by atoms with Gasteiger partial charge in [-0.2, -0.15) is 0 Å². The molecule has 2 heterocycles. The van der Waals surface area contributed by atoms with Gasteiger partial charge in [-0.15, -0.1) is 0 Å². The summed E-state index contributed by atoms with van der Waals surface area (Å²) in [6.07, 6.45) is -0.976. The highest BCUT2D eigenvalue weighted by molar-refractivity contribution is 7.92. The number of rotatable bonds is 2. The molecule has 0 amide bonds. The number of esters is 1. The van der Waals surface area contributed by atoms with Gasteiger partial charge in [0, 0.05) is 25.0 Å². The zero-order valence-electron chi connectivity index (χ0n) is 20.8. The predicted octanol–water partition coefficient (Wildman–Crippen LogP) is 5.86. The number of sulfonamides is 1. The maximum Gasteiger partial charge on any atom is 0.342 e. The lowest BCUT2D eigenvalue weighted by Crippen LogP contribution is -2.20. The number of carbonyl (C=O) groups excluding carboxylic acids is 1. The van der Waals surface area contributed by atoms with Gasteiger partial charge in [-0.25, -0.2) is 13.2 Å². The van der Waals surface area contributed by atoms with Crippen LogP contribution in [-0.2, 0) is 30.0 Å². The quantitative estimate of drug-likeness (QED) is 0.454. The van der Waals surface area contributed by atoms with Gasteiger partial charge < -0.3 is 9.47 Å². The first-order valence-corrected chi connectivity index (χ1v) is 13.3. The molecule has 0 aromatic heterocycles. The zero-order valence-corrected chi connectivity index (χ0v) is 21.6. The number of ether oxygens (including phenoxy) is 2. The normalized spacial score (nSPS) is 19.8. The van der Waals surface area contributed by atoms with Crippen LogP contribution in [0.15, 0.2) is 42.5 Å². The van der Waals surface area contributed by atoms with Crippen molar-refractivity contribution in [3.05, 3.63) is 75.8 Å². The van der Waals surface area contributed by atoms with Crippen molar-refractivity contribution in [2.24, 2.45) is 0 Å². The Hall–Kier alpha value is -3.16. The summed E-state index contributed by atoms with van der Waals surface area (Å²) >= 11 is 0. The van der Waals surface area contributed by atoms with Crippen LogP contribution in [-0.4, -0.2) is 20.2 Å². The summed E-state index contributed by atoms with van der Waals surface area (Å²) in [5, 5.41) is 0. The van der Waals surface area contributed by atoms with E-state index in [1.54, 1.807) is 13.8 Å². The van der Waals surface area contributed by atoms with Crippen LogP contribution in [0.2, 0.25) is 0 Å². The molecule has 3 aromatic carbocycles. The summed E-state index contributed by atoms with van der Waals surface area (Å²) in [5.41, 5.74) is 8.97. The molecule has 1 N–H and O–H groups in total. The molecular weight excluding hydrogens is 462 g/mol. The van der Waals surface area contributed by atoms with Crippen molar-refractivity contribution < 1.29 is 22.7 Å². The third kappa shape index (κ3) is 4.02. The maximum atomic E-state index is 13.1. The fourth-order valence-electron chi connectivity index (χ4n) is 5.22. The summed E-state index contributed by atoms with van der Waals surface area (Å²) < 4.78 is 40.7. The molecule has 2 aliphatic rings. The van der Waals surface area contributed by atoms with Crippen LogP contribution in [0.4, 0.5) is 5.69 Å². The highest BCUT2D eigenvalue weighted by Gasteiger charge is 2.45. The van der Waals surface area contributed by atoms with Crippen molar-refractivity contribution in [3.8, 4) is 22.3 Å². The molecule has 5 rings (SSSR count). The van der Waals surface area contributed by atoms with Crippen molar-refractivity contribution >= 4 is 21.7 Å². The third-order valence-corrected chi connectivity index (χ3v) is 7.95. The minimum absolute atomic E-state index is 0.123. The second kappa shape index (κ2) is 7.93. The number of nitrogens with one attached hydrogen (secondary N) is 1. The second-order valence-electron chi connectivity index (χ2n) is 10.00. The summed E-state index contributed by atoms with van der Waals surface area (Å²) in [6, 6.07) is 14.0. The van der Waals surface area contributed by atoms with E-state index >= 15 is 0 Å². The van der Waals surface area contributed by atoms with Crippen molar-refractivity contribution in [2.75, 3.05) is 4.72 Å². The molecule has 0 spiro atoms. The minimum Gasteiger partial charge on any atom is -0.431 e. The first-order valence-electron chi connectivity index (χ1n) is 11.6. The average Bonchev–Trinajstić information content (AvgIpc) is 2.96. The lowest BCUT2D eigenvalue weighted by molar-refractivity contribution is -0.160. The largest absolute Gasteiger partial charge is 0.431 e. The van der Waals surface area contributed by atoms with Crippen LogP contribution in [0.1, 0.15) is 53.3 Å². The van der Waals surface area contributed by atoms with E-state index in [0.29, 0.717) is 16.8 Å². The molecule has 7 heteroatoms. The summed E-state index contributed by atoms with van der Waals surface area (Å²) in [6.45, 7) is 11.2. The molecule has 2 aliphatic heterocycles. The minimum atomic E-state index is -3.67. The molecule has 35 heavy (non-hydrogen) atoms. The smallest absolute Gasteiger partial charge is 0.342 e. The number of hydrogen-bond acceptors (Lipinski definition) is 5. The van der Waals surface area contributed by atoms with Crippen molar-refractivity contribution in [1.82, 2.24) is 0 Å². The Bertz CT molecular complexity index is 1490. The van der Waals surface area contributed by atoms with Gasteiger partial charge in [0.05, 0.1) is 11.4 Å². The van der Waals surface area contributed by atoms with Crippen molar-refractivity contribution in [1.29, 1.82) is 0 Å². The molecule has 182 valence electrons. The molecule has 3 aromatic rings. The van der Waals surface area contributed by atoms with Gasteiger partial charge in [-0.1, -0.05) is 53.6 Å². The number of hydrogen-bond donors (Lipinski definition) is 1. The monoisotopic (exact) mass is 491 g/mol. The van der Waals surface area contributed by atoms with Gasteiger partial charge in [0.2, 0.25) is 15.8 Å². The van der Waals surface area contributed by atoms with Gasteiger partial charge in [0.1, 0.15) is 0 Å². The van der Waals surface area contributed by atoms with Crippen molar-refractivity contribution in [2.45, 2.75) is 59.2 Å². The van der Waals surface area contributed by atoms with E-state index < -0.39 is 27.9 Å². The number of cyclic esters (lactones) is 1. The Kier molecular flexibility index (Phi) is 5.34. The molecule has 0 unspecified atom stereocenters. The van der Waals surface area contributed by atoms with E-state index in [0.717, 1.165) is 44.5 Å². The summed E-state index contributed by atoms with van der Waals surface area (Å²) in [5.74, 6) is -1.69. The molecule has 0 saturated carbocycles. The molecular formula is C28H29NO5S. The number of anilines is 1. The molecule has 1 atom stereocenters. The number of fused-ring (bicyclic) bond motifs is 3. The summed E-state index contributed by atoms with van der Waals surface area (Å²) in [7, 11) is -3.67. The molecule has 0 radical (unpaired) electrons. The van der Waals surface area contributed by atoms with E-state index in [4.69, 9.17) is 9.47 Å². The van der Waals surface area contributed by atoms with Gasteiger partial charge in [0.25, 0.3) is 0 Å². The number of benzene rings is 3. The average molecular weight is 492 g/mol. The fourth-order valence-corrected chi connectivity index (χ4v) is 6.51. The van der Waals surface area contributed by atoms with Gasteiger partial charge in [-0.3, -0.25) is 4.72 Å². The first-order chi connectivity index (χ1) is 16.4. The second-order valence-corrected chi connectivity index (χ2v) is 11.7. The predicted molar refractivity (Wildman–Crippen MR) is 137 cm³/mol. The fraction of sp³-hybridized carbons (Fsp3) is 0.321. The molecule has 1 fully saturated rings. The van der Waals surface area contributed by atoms with Crippen LogP contribution in [0.25, 0.3) is 22.3 Å². The highest BCUT2D eigenvalue weighted by Crippen LogP contribution is 2.50. The van der Waals surface area contributed by atoms with E-state index in [1.165, 1.54) is 0 Å². The Balaban J connectivity index is 1.91. The SMILES string of the molecule is Cc1ccc(-c2c(C)c3c(c(C)c2[C@@H]2OC(C)(C)OC2=O)NS(=O)(=O)Cc2cc(C)ccc2-3)cc1. The third-order valence-electron chi connectivity index (χ3n) is 6.75. The molecule has 0 aliphatic carbocycles. The van der Waals surface area contributed by atoms with E-state index in [1.807, 2.05) is 70.2 Å². The lowest BCUT2D eigenvalue weighted by atomic mass is 9.81. The van der Waals surface area contributed by atoms with Crippen LogP contribution in [0.3, 0.4) is 0 Å². The van der Waals surface area contributed by atoms with E-state index in [2.05, 4.69) is 4.72 Å². The molecule has 1 saturated heterocycles. The molecule has 0 bridgehead atoms. The van der Waals surface area contributed by atoms with Gasteiger partial charge in [-0.05, 0) is 61.1 Å². The van der Waals surface area contributed by atoms with E-state index in [-0.39, 0.29) is 5.75 Å². The Morgan fingerprint density at radius 2 is 1.57 bits per heavy atom. The van der Waals surface area contributed by atoms with Crippen LogP contribution in [0.5, 0.6) is 0 Å². The standard InChI is InChI=1S/C28H29NO5S/c1-15-7-10-19(11-8-15)22-17(3)23-21-12-9-16(2)13-20(21)14-35(31,32)29-25(23)18(4)24(22)26-27(30)34-28(5,6)33-26/h7-13,26,29H,14H2,1-6H3/t26-/m0/s1. The van der Waals surface area contributed by atoms with Crippen LogP contribution in [0, 0.1) is 27.7 Å². The number of carbonyl (C=O) groups is 1. The zero-order chi connectivity index (χ0) is 25.3. The number of aryl methyl sites for hydroxylation is 2. The van der Waals surface area contributed by atoms with Gasteiger partial charge >= 0.3 is 5.97 Å². The Labute approximate surface area is 206 Å².